The molecule has 0 bridgehead atoms. The van der Waals surface area contributed by atoms with Gasteiger partial charge in [-0.25, -0.2) is 9.18 Å². The van der Waals surface area contributed by atoms with E-state index in [0.29, 0.717) is 0 Å². The molecule has 1 amide bonds. The van der Waals surface area contributed by atoms with Crippen LogP contribution in [0, 0.1) is 5.82 Å². The van der Waals surface area contributed by atoms with Gasteiger partial charge in [-0.05, 0) is 18.2 Å². The topological polar surface area (TPSA) is 84.1 Å². The number of carbonyl (C=O) groups is 2. The average molecular weight is 298 g/mol. The molecule has 2 N–H and O–H groups in total. The molecule has 0 fully saturated rings. The summed E-state index contributed by atoms with van der Waals surface area (Å²) in [7, 11) is 1.20. The van der Waals surface area contributed by atoms with Gasteiger partial charge in [0.05, 0.1) is 24.0 Å². The number of methoxy groups -OCH3 is 1. The number of esters is 1. The maximum Gasteiger partial charge on any atom is 0.358 e. The van der Waals surface area contributed by atoms with Crippen molar-refractivity contribution in [2.45, 2.75) is 0 Å². The standard InChI is InChI=1S/C12H9ClFN3O3/c1-20-12(19)10-9(5-15-17-10)16-11(18)6-2-3-8(14)7(13)4-6/h2-5H,1H3,(H,15,17)(H,16,18). The summed E-state index contributed by atoms with van der Waals surface area (Å²) in [6.07, 6.45) is 1.26. The second-order valence-electron chi connectivity index (χ2n) is 3.73. The Labute approximate surface area is 117 Å². The zero-order valence-electron chi connectivity index (χ0n) is 10.2. The van der Waals surface area contributed by atoms with Crippen LogP contribution in [0.4, 0.5) is 10.1 Å². The van der Waals surface area contributed by atoms with Crippen molar-refractivity contribution >= 4 is 29.2 Å². The van der Waals surface area contributed by atoms with E-state index < -0.39 is 17.7 Å². The molecule has 0 aliphatic heterocycles. The normalized spacial score (nSPS) is 10.2. The van der Waals surface area contributed by atoms with Crippen molar-refractivity contribution < 1.29 is 18.7 Å². The van der Waals surface area contributed by atoms with Gasteiger partial charge in [-0.2, -0.15) is 5.10 Å². The number of hydrogen-bond donors (Lipinski definition) is 2. The minimum atomic E-state index is -0.671. The molecule has 104 valence electrons. The zero-order chi connectivity index (χ0) is 14.7. The summed E-state index contributed by atoms with van der Waals surface area (Å²) in [6.45, 7) is 0. The Morgan fingerprint density at radius 3 is 2.85 bits per heavy atom. The highest BCUT2D eigenvalue weighted by atomic mass is 35.5. The van der Waals surface area contributed by atoms with Crippen molar-refractivity contribution in [1.29, 1.82) is 0 Å². The molecule has 0 saturated heterocycles. The van der Waals surface area contributed by atoms with Crippen molar-refractivity contribution in [2.75, 3.05) is 12.4 Å². The van der Waals surface area contributed by atoms with Crippen LogP contribution < -0.4 is 5.32 Å². The fourth-order valence-corrected chi connectivity index (χ4v) is 1.65. The number of halogens is 2. The number of ether oxygens (including phenoxy) is 1. The molecule has 0 radical (unpaired) electrons. The first kappa shape index (κ1) is 14.0. The average Bonchev–Trinajstić information content (AvgIpc) is 2.89. The van der Waals surface area contributed by atoms with Crippen LogP contribution in [0.5, 0.6) is 0 Å². The van der Waals surface area contributed by atoms with E-state index in [0.717, 1.165) is 6.07 Å². The molecular formula is C12H9ClFN3O3. The molecule has 0 aliphatic carbocycles. The van der Waals surface area contributed by atoms with E-state index in [2.05, 4.69) is 20.3 Å². The van der Waals surface area contributed by atoms with Gasteiger partial charge >= 0.3 is 5.97 Å². The van der Waals surface area contributed by atoms with Gasteiger partial charge in [-0.3, -0.25) is 9.89 Å². The van der Waals surface area contributed by atoms with Crippen LogP contribution in [0.2, 0.25) is 5.02 Å². The Morgan fingerprint density at radius 1 is 1.45 bits per heavy atom. The number of H-pyrrole nitrogens is 1. The van der Waals surface area contributed by atoms with Crippen LogP contribution in [0.25, 0.3) is 0 Å². The van der Waals surface area contributed by atoms with Crippen LogP contribution in [0.1, 0.15) is 20.8 Å². The molecule has 2 rings (SSSR count). The summed E-state index contributed by atoms with van der Waals surface area (Å²) in [5.74, 6) is -1.85. The zero-order valence-corrected chi connectivity index (χ0v) is 11.0. The number of nitrogens with zero attached hydrogens (tertiary/aromatic N) is 1. The van der Waals surface area contributed by atoms with Gasteiger partial charge in [0.2, 0.25) is 0 Å². The number of amides is 1. The number of nitrogens with one attached hydrogen (secondary N) is 2. The number of hydrogen-bond acceptors (Lipinski definition) is 4. The minimum Gasteiger partial charge on any atom is -0.464 e. The molecule has 8 heteroatoms. The van der Waals surface area contributed by atoms with E-state index in [1.807, 2.05) is 0 Å². The van der Waals surface area contributed by atoms with Crippen molar-refractivity contribution in [3.8, 4) is 0 Å². The van der Waals surface area contributed by atoms with Crippen molar-refractivity contribution in [2.24, 2.45) is 0 Å². The molecule has 1 aromatic carbocycles. The summed E-state index contributed by atoms with van der Waals surface area (Å²) in [5, 5.41) is 8.34. The van der Waals surface area contributed by atoms with Crippen LogP contribution in [-0.4, -0.2) is 29.2 Å². The van der Waals surface area contributed by atoms with Gasteiger partial charge in [0, 0.05) is 5.56 Å². The molecule has 0 saturated carbocycles. The van der Waals surface area contributed by atoms with Crippen LogP contribution in [-0.2, 0) is 4.74 Å². The third-order valence-corrected chi connectivity index (χ3v) is 2.75. The predicted octanol–water partition coefficient (Wildman–Crippen LogP) is 2.24. The summed E-state index contributed by atoms with van der Waals surface area (Å²) in [6, 6.07) is 3.53. The molecule has 0 unspecified atom stereocenters. The van der Waals surface area contributed by atoms with Gasteiger partial charge in [-0.15, -0.1) is 0 Å². The maximum atomic E-state index is 13.0. The highest BCUT2D eigenvalue weighted by molar-refractivity contribution is 6.31. The highest BCUT2D eigenvalue weighted by Crippen LogP contribution is 2.18. The van der Waals surface area contributed by atoms with Gasteiger partial charge in [-0.1, -0.05) is 11.6 Å². The van der Waals surface area contributed by atoms with E-state index in [1.54, 1.807) is 0 Å². The maximum absolute atomic E-state index is 13.0. The smallest absolute Gasteiger partial charge is 0.358 e. The lowest BCUT2D eigenvalue weighted by Gasteiger charge is -2.05. The van der Waals surface area contributed by atoms with Gasteiger partial charge in [0.15, 0.2) is 5.69 Å². The van der Waals surface area contributed by atoms with E-state index >= 15 is 0 Å². The van der Waals surface area contributed by atoms with E-state index in [4.69, 9.17) is 11.6 Å². The second kappa shape index (κ2) is 5.70. The monoisotopic (exact) mass is 297 g/mol. The Balaban J connectivity index is 2.22. The van der Waals surface area contributed by atoms with Crippen LogP contribution in [0.3, 0.4) is 0 Å². The van der Waals surface area contributed by atoms with Crippen molar-refractivity contribution in [3.63, 3.8) is 0 Å². The highest BCUT2D eigenvalue weighted by Gasteiger charge is 2.17. The summed E-state index contributed by atoms with van der Waals surface area (Å²) < 4.78 is 17.5. The lowest BCUT2D eigenvalue weighted by Crippen LogP contribution is -2.14. The van der Waals surface area contributed by atoms with E-state index in [9.17, 15) is 14.0 Å². The van der Waals surface area contributed by atoms with Crippen molar-refractivity contribution in [3.05, 3.63) is 46.5 Å². The number of carbonyl (C=O) groups excluding carboxylic acids is 2. The number of rotatable bonds is 3. The largest absolute Gasteiger partial charge is 0.464 e. The first-order valence-corrected chi connectivity index (χ1v) is 5.79. The molecule has 6 nitrogen and oxygen atoms in total. The molecule has 0 spiro atoms. The predicted molar refractivity (Wildman–Crippen MR) is 69.3 cm³/mol. The summed E-state index contributed by atoms with van der Waals surface area (Å²) in [5.41, 5.74) is 0.310. The van der Waals surface area contributed by atoms with E-state index in [1.165, 1.54) is 25.4 Å². The molecule has 1 heterocycles. The quantitative estimate of drug-likeness (QED) is 0.851. The second-order valence-corrected chi connectivity index (χ2v) is 4.14. The lowest BCUT2D eigenvalue weighted by atomic mass is 10.2. The van der Waals surface area contributed by atoms with Crippen LogP contribution >= 0.6 is 11.6 Å². The number of anilines is 1. The molecule has 0 atom stereocenters. The summed E-state index contributed by atoms with van der Waals surface area (Å²) in [4.78, 5) is 23.3. The third-order valence-electron chi connectivity index (χ3n) is 2.46. The molecular weight excluding hydrogens is 289 g/mol. The first-order chi connectivity index (χ1) is 9.52. The molecule has 1 aromatic heterocycles. The molecule has 2 aromatic rings. The first-order valence-electron chi connectivity index (χ1n) is 5.41. The van der Waals surface area contributed by atoms with Gasteiger partial charge in [0.25, 0.3) is 5.91 Å². The minimum absolute atomic E-state index is 0.00839. The number of aromatic nitrogens is 2. The fourth-order valence-electron chi connectivity index (χ4n) is 1.47. The van der Waals surface area contributed by atoms with Crippen LogP contribution in [0.15, 0.2) is 24.4 Å². The van der Waals surface area contributed by atoms with Gasteiger partial charge in [0.1, 0.15) is 5.82 Å². The van der Waals surface area contributed by atoms with Crippen molar-refractivity contribution in [1.82, 2.24) is 10.2 Å². The third kappa shape index (κ3) is 2.77. The lowest BCUT2D eigenvalue weighted by molar-refractivity contribution is 0.0595. The fraction of sp³-hybridized carbons (Fsp3) is 0.0833. The Morgan fingerprint density at radius 2 is 2.20 bits per heavy atom. The Bertz CT molecular complexity index is 672. The Kier molecular flexibility index (Phi) is 3.99. The molecule has 0 aliphatic rings. The molecule has 20 heavy (non-hydrogen) atoms. The van der Waals surface area contributed by atoms with Gasteiger partial charge < -0.3 is 10.1 Å². The number of aromatic amines is 1. The SMILES string of the molecule is COC(=O)c1[nH]ncc1NC(=O)c1ccc(F)c(Cl)c1. The Hall–Kier alpha value is -2.41. The summed E-state index contributed by atoms with van der Waals surface area (Å²) >= 11 is 5.60. The van der Waals surface area contributed by atoms with E-state index in [-0.39, 0.29) is 22.0 Å². The number of benzene rings is 1.